The highest BCUT2D eigenvalue weighted by Gasteiger charge is 2.25. The summed E-state index contributed by atoms with van der Waals surface area (Å²) in [5.74, 6) is 0.385. The Morgan fingerprint density at radius 3 is 2.63 bits per heavy atom. The summed E-state index contributed by atoms with van der Waals surface area (Å²) < 4.78 is 30.9. The number of hydrogen-bond acceptors (Lipinski definition) is 6. The summed E-state index contributed by atoms with van der Waals surface area (Å²) in [7, 11) is -4.09. The van der Waals surface area contributed by atoms with E-state index in [1.165, 1.54) is 18.2 Å². The Morgan fingerprint density at radius 2 is 2.05 bits per heavy atom. The number of hydrogen-bond donors (Lipinski definition) is 1. The van der Waals surface area contributed by atoms with Gasteiger partial charge in [-0.05, 0) is 13.0 Å². The fourth-order valence-corrected chi connectivity index (χ4v) is 2.60. The van der Waals surface area contributed by atoms with Crippen molar-refractivity contribution in [2.45, 2.75) is 11.8 Å². The third-order valence-corrected chi connectivity index (χ3v) is 3.62. The number of aromatic nitrogens is 1. The molecule has 19 heavy (non-hydrogen) atoms. The quantitative estimate of drug-likeness (QED) is 0.674. The maximum atomic E-state index is 12.0. The van der Waals surface area contributed by atoms with Crippen LogP contribution in [0.25, 0.3) is 0 Å². The molecule has 0 bridgehead atoms. The third-order valence-electron chi connectivity index (χ3n) is 2.22. The van der Waals surface area contributed by atoms with Gasteiger partial charge in [0.05, 0.1) is 4.92 Å². The van der Waals surface area contributed by atoms with Crippen LogP contribution in [0.4, 0.5) is 11.5 Å². The Labute approximate surface area is 108 Å². The van der Waals surface area contributed by atoms with E-state index in [-0.39, 0.29) is 5.82 Å². The number of nitrogens with one attached hydrogen (secondary N) is 1. The molecule has 0 saturated heterocycles. The zero-order chi connectivity index (χ0) is 14.0. The second-order valence-electron chi connectivity index (χ2n) is 3.65. The van der Waals surface area contributed by atoms with E-state index in [9.17, 15) is 18.5 Å². The fraction of sp³-hybridized carbons (Fsp3) is 0.100. The standard InChI is InChI=1S/C10H9N3O5S/c1-7-6-10(11-18-7)12-19(16,17)9-5-3-2-4-8(9)13(14)15/h2-6H,1H3,(H,11,12). The second kappa shape index (κ2) is 4.69. The van der Waals surface area contributed by atoms with E-state index in [0.29, 0.717) is 5.76 Å². The molecule has 0 amide bonds. The predicted octanol–water partition coefficient (Wildman–Crippen LogP) is 1.69. The molecule has 0 fully saturated rings. The molecule has 0 saturated carbocycles. The summed E-state index contributed by atoms with van der Waals surface area (Å²) in [5.41, 5.74) is -0.504. The molecule has 0 aliphatic rings. The molecule has 0 aliphatic carbocycles. The van der Waals surface area contributed by atoms with Crippen LogP contribution in [0, 0.1) is 17.0 Å². The van der Waals surface area contributed by atoms with Crippen molar-refractivity contribution in [2.75, 3.05) is 4.72 Å². The van der Waals surface area contributed by atoms with Crippen molar-refractivity contribution in [3.8, 4) is 0 Å². The molecule has 1 N–H and O–H groups in total. The van der Waals surface area contributed by atoms with E-state index in [0.717, 1.165) is 12.1 Å². The molecule has 1 aromatic heterocycles. The molecule has 2 aromatic rings. The summed E-state index contributed by atoms with van der Waals surface area (Å²) in [4.78, 5) is 9.61. The average molecular weight is 283 g/mol. The van der Waals surface area contributed by atoms with E-state index < -0.39 is 25.5 Å². The monoisotopic (exact) mass is 283 g/mol. The number of rotatable bonds is 4. The van der Waals surface area contributed by atoms with E-state index in [4.69, 9.17) is 4.52 Å². The van der Waals surface area contributed by atoms with Crippen LogP contribution in [0.3, 0.4) is 0 Å². The van der Waals surface area contributed by atoms with Crippen molar-refractivity contribution in [3.63, 3.8) is 0 Å². The van der Waals surface area contributed by atoms with Crippen LogP contribution >= 0.6 is 0 Å². The van der Waals surface area contributed by atoms with E-state index >= 15 is 0 Å². The summed E-state index contributed by atoms with van der Waals surface area (Å²) in [6.07, 6.45) is 0. The highest BCUT2D eigenvalue weighted by atomic mass is 32.2. The molecule has 100 valence electrons. The predicted molar refractivity (Wildman–Crippen MR) is 65.1 cm³/mol. The van der Waals surface area contributed by atoms with E-state index in [2.05, 4.69) is 9.88 Å². The van der Waals surface area contributed by atoms with Crippen LogP contribution in [-0.2, 0) is 10.0 Å². The topological polar surface area (TPSA) is 115 Å². The zero-order valence-electron chi connectivity index (χ0n) is 9.73. The Hall–Kier alpha value is -2.42. The highest BCUT2D eigenvalue weighted by Crippen LogP contribution is 2.24. The number of benzene rings is 1. The van der Waals surface area contributed by atoms with Gasteiger partial charge < -0.3 is 4.52 Å². The third kappa shape index (κ3) is 2.71. The van der Waals surface area contributed by atoms with Gasteiger partial charge in [-0.25, -0.2) is 8.42 Å². The molecule has 0 atom stereocenters. The van der Waals surface area contributed by atoms with Crippen LogP contribution in [0.5, 0.6) is 0 Å². The number of aryl methyl sites for hydroxylation is 1. The SMILES string of the molecule is Cc1cc(NS(=O)(=O)c2ccccc2[N+](=O)[O-])no1. The molecule has 1 heterocycles. The number of anilines is 1. The second-order valence-corrected chi connectivity index (χ2v) is 5.30. The molecule has 0 unspecified atom stereocenters. The lowest BCUT2D eigenvalue weighted by atomic mass is 10.3. The van der Waals surface area contributed by atoms with Crippen LogP contribution in [0.1, 0.15) is 5.76 Å². The minimum atomic E-state index is -4.09. The van der Waals surface area contributed by atoms with Crippen molar-refractivity contribution in [1.82, 2.24) is 5.16 Å². The molecule has 2 rings (SSSR count). The normalized spacial score (nSPS) is 11.2. The zero-order valence-corrected chi connectivity index (χ0v) is 10.5. The maximum Gasteiger partial charge on any atom is 0.289 e. The minimum Gasteiger partial charge on any atom is -0.360 e. The lowest BCUT2D eigenvalue weighted by Crippen LogP contribution is -2.14. The van der Waals surface area contributed by atoms with Gasteiger partial charge in [-0.3, -0.25) is 14.8 Å². The summed E-state index contributed by atoms with van der Waals surface area (Å²) in [6.45, 7) is 1.59. The van der Waals surface area contributed by atoms with Gasteiger partial charge >= 0.3 is 0 Å². The number of nitro benzene ring substituents is 1. The van der Waals surface area contributed by atoms with E-state index in [1.54, 1.807) is 6.92 Å². The van der Waals surface area contributed by atoms with Gasteiger partial charge in [0.25, 0.3) is 15.7 Å². The molecule has 0 aliphatic heterocycles. The first-order valence-electron chi connectivity index (χ1n) is 5.10. The minimum absolute atomic E-state index is 0.0318. The van der Waals surface area contributed by atoms with Crippen molar-refractivity contribution in [2.24, 2.45) is 0 Å². The molecule has 8 nitrogen and oxygen atoms in total. The van der Waals surface area contributed by atoms with Crippen LogP contribution in [0.15, 0.2) is 39.8 Å². The van der Waals surface area contributed by atoms with Crippen LogP contribution < -0.4 is 4.72 Å². The fourth-order valence-electron chi connectivity index (χ4n) is 1.44. The number of sulfonamides is 1. The van der Waals surface area contributed by atoms with Gasteiger partial charge in [0.1, 0.15) is 5.76 Å². The van der Waals surface area contributed by atoms with Crippen LogP contribution in [-0.4, -0.2) is 18.5 Å². The highest BCUT2D eigenvalue weighted by molar-refractivity contribution is 7.92. The van der Waals surface area contributed by atoms with Crippen LogP contribution in [0.2, 0.25) is 0 Å². The largest absolute Gasteiger partial charge is 0.360 e. The number of para-hydroxylation sites is 1. The summed E-state index contributed by atoms with van der Waals surface area (Å²) in [5, 5.41) is 14.3. The molecule has 9 heteroatoms. The van der Waals surface area contributed by atoms with Gasteiger partial charge in [0.15, 0.2) is 10.7 Å². The Balaban J connectivity index is 2.43. The molecular weight excluding hydrogens is 274 g/mol. The van der Waals surface area contributed by atoms with Gasteiger partial charge in [0, 0.05) is 12.1 Å². The van der Waals surface area contributed by atoms with Gasteiger partial charge in [-0.1, -0.05) is 17.3 Å². The van der Waals surface area contributed by atoms with Gasteiger partial charge in [-0.2, -0.15) is 0 Å². The first kappa shape index (κ1) is 13.0. The van der Waals surface area contributed by atoms with Crippen molar-refractivity contribution >= 4 is 21.5 Å². The Kier molecular flexibility index (Phi) is 3.21. The first-order valence-corrected chi connectivity index (χ1v) is 6.58. The number of nitro groups is 1. The van der Waals surface area contributed by atoms with Gasteiger partial charge in [-0.15, -0.1) is 0 Å². The smallest absolute Gasteiger partial charge is 0.289 e. The first-order chi connectivity index (χ1) is 8.90. The molecule has 1 aromatic carbocycles. The molecule has 0 radical (unpaired) electrons. The average Bonchev–Trinajstić information content (AvgIpc) is 2.74. The van der Waals surface area contributed by atoms with Crippen molar-refractivity contribution in [1.29, 1.82) is 0 Å². The maximum absolute atomic E-state index is 12.0. The Bertz CT molecular complexity index is 722. The molecular formula is C10H9N3O5S. The lowest BCUT2D eigenvalue weighted by molar-refractivity contribution is -0.387. The van der Waals surface area contributed by atoms with E-state index in [1.807, 2.05) is 0 Å². The Morgan fingerprint density at radius 1 is 1.37 bits per heavy atom. The summed E-state index contributed by atoms with van der Waals surface area (Å²) >= 11 is 0. The summed E-state index contributed by atoms with van der Waals surface area (Å²) in [6, 6.07) is 6.41. The molecule has 0 spiro atoms. The lowest BCUT2D eigenvalue weighted by Gasteiger charge is -2.05. The number of nitrogens with zero attached hydrogens (tertiary/aromatic N) is 2. The van der Waals surface area contributed by atoms with Crippen molar-refractivity contribution in [3.05, 3.63) is 46.2 Å². The van der Waals surface area contributed by atoms with Crippen molar-refractivity contribution < 1.29 is 17.9 Å². The van der Waals surface area contributed by atoms with Gasteiger partial charge in [0.2, 0.25) is 0 Å².